The predicted molar refractivity (Wildman–Crippen MR) is 113 cm³/mol. The lowest BCUT2D eigenvalue weighted by Gasteiger charge is -2.07. The first-order chi connectivity index (χ1) is 14.6. The monoisotopic (exact) mass is 401 g/mol. The molecule has 2 aromatic carbocycles. The number of hydrogen-bond acceptors (Lipinski definition) is 5. The van der Waals surface area contributed by atoms with Crippen LogP contribution in [0.3, 0.4) is 0 Å². The van der Waals surface area contributed by atoms with Crippen molar-refractivity contribution in [3.8, 4) is 5.69 Å². The third-order valence-corrected chi connectivity index (χ3v) is 4.68. The van der Waals surface area contributed by atoms with Gasteiger partial charge in [0, 0.05) is 17.7 Å². The second kappa shape index (κ2) is 8.12. The summed E-state index contributed by atoms with van der Waals surface area (Å²) in [6.07, 6.45) is 3.20. The topological polar surface area (TPSA) is 98.9 Å². The van der Waals surface area contributed by atoms with Gasteiger partial charge in [0.05, 0.1) is 18.4 Å². The minimum Gasteiger partial charge on any atom is -0.326 e. The van der Waals surface area contributed by atoms with Gasteiger partial charge in [-0.15, -0.1) is 0 Å². The molecule has 0 fully saturated rings. The molecule has 8 heteroatoms. The van der Waals surface area contributed by atoms with Crippen LogP contribution < -0.4 is 10.9 Å². The second-order valence-electron chi connectivity index (χ2n) is 6.71. The summed E-state index contributed by atoms with van der Waals surface area (Å²) in [5.41, 5.74) is 1.96. The molecule has 0 saturated carbocycles. The van der Waals surface area contributed by atoms with Crippen LogP contribution in [0.15, 0.2) is 71.9 Å². The molecule has 0 bridgehead atoms. The lowest BCUT2D eigenvalue weighted by atomic mass is 10.1. The van der Waals surface area contributed by atoms with Crippen molar-refractivity contribution in [3.63, 3.8) is 0 Å². The number of nitrogens with one attached hydrogen (secondary N) is 1. The molecule has 1 N–H and O–H groups in total. The Hall–Kier alpha value is -4.07. The van der Waals surface area contributed by atoms with Crippen LogP contribution >= 0.6 is 0 Å². The fourth-order valence-corrected chi connectivity index (χ4v) is 3.05. The van der Waals surface area contributed by atoms with Gasteiger partial charge in [0.1, 0.15) is 11.7 Å². The number of nitrogens with zero attached hydrogens (tertiary/aromatic N) is 4. The van der Waals surface area contributed by atoms with Crippen molar-refractivity contribution in [1.29, 1.82) is 0 Å². The van der Waals surface area contributed by atoms with Gasteiger partial charge in [0.2, 0.25) is 5.91 Å². The minimum absolute atomic E-state index is 0.101. The molecule has 0 spiro atoms. The number of hydrogen-bond donors (Lipinski definition) is 1. The molecule has 150 valence electrons. The van der Waals surface area contributed by atoms with Crippen molar-refractivity contribution >= 4 is 28.4 Å². The van der Waals surface area contributed by atoms with Gasteiger partial charge in [-0.2, -0.15) is 5.10 Å². The molecule has 4 aromatic rings. The van der Waals surface area contributed by atoms with Crippen molar-refractivity contribution in [2.75, 3.05) is 5.32 Å². The van der Waals surface area contributed by atoms with Crippen molar-refractivity contribution < 1.29 is 9.59 Å². The third kappa shape index (κ3) is 3.75. The van der Waals surface area contributed by atoms with E-state index in [4.69, 9.17) is 0 Å². The molecular weight excluding hydrogens is 382 g/mol. The average Bonchev–Trinajstić information content (AvgIpc) is 3.21. The number of fused-ring (bicyclic) bond motifs is 1. The number of ketones is 1. The van der Waals surface area contributed by atoms with Crippen molar-refractivity contribution in [3.05, 3.63) is 83.0 Å². The van der Waals surface area contributed by atoms with Crippen LogP contribution in [0.4, 0.5) is 5.69 Å². The van der Waals surface area contributed by atoms with E-state index in [1.165, 1.54) is 17.1 Å². The predicted octanol–water partition coefficient (Wildman–Crippen LogP) is 2.81. The number of para-hydroxylation sites is 1. The van der Waals surface area contributed by atoms with Crippen LogP contribution in [0.1, 0.15) is 23.7 Å². The van der Waals surface area contributed by atoms with E-state index in [-0.39, 0.29) is 23.8 Å². The zero-order valence-corrected chi connectivity index (χ0v) is 16.3. The van der Waals surface area contributed by atoms with Crippen LogP contribution in [0.2, 0.25) is 0 Å². The highest BCUT2D eigenvalue weighted by atomic mass is 16.2. The molecular formula is C22H19N5O3. The molecule has 0 atom stereocenters. The minimum atomic E-state index is -0.331. The quantitative estimate of drug-likeness (QED) is 0.501. The molecule has 1 amide bonds. The van der Waals surface area contributed by atoms with Crippen molar-refractivity contribution in [2.24, 2.45) is 0 Å². The van der Waals surface area contributed by atoms with E-state index in [1.54, 1.807) is 35.9 Å². The normalized spacial score (nSPS) is 10.8. The zero-order valence-electron chi connectivity index (χ0n) is 16.3. The summed E-state index contributed by atoms with van der Waals surface area (Å²) < 4.78 is 2.86. The Bertz CT molecular complexity index is 1270. The van der Waals surface area contributed by atoms with Gasteiger partial charge >= 0.3 is 0 Å². The van der Waals surface area contributed by atoms with Gasteiger partial charge in [-0.05, 0) is 36.4 Å². The van der Waals surface area contributed by atoms with Gasteiger partial charge in [-0.25, -0.2) is 9.67 Å². The maximum absolute atomic E-state index is 12.8. The SMILES string of the molecule is CCC(=O)Nc1ccc(C(=O)Cn2cnc3c(cnn3-c3ccccc3)c2=O)cc1. The zero-order chi connectivity index (χ0) is 21.1. The summed E-state index contributed by atoms with van der Waals surface area (Å²) in [6.45, 7) is 1.62. The van der Waals surface area contributed by atoms with Crippen LogP contribution in [-0.4, -0.2) is 31.0 Å². The third-order valence-electron chi connectivity index (χ3n) is 4.68. The number of rotatable bonds is 6. The fourth-order valence-electron chi connectivity index (χ4n) is 3.05. The van der Waals surface area contributed by atoms with E-state index in [2.05, 4.69) is 15.4 Å². The molecule has 2 aromatic heterocycles. The number of amides is 1. The molecule has 0 aliphatic carbocycles. The lowest BCUT2D eigenvalue weighted by molar-refractivity contribution is -0.115. The van der Waals surface area contributed by atoms with Crippen molar-refractivity contribution in [1.82, 2.24) is 19.3 Å². The van der Waals surface area contributed by atoms with Crippen LogP contribution in [-0.2, 0) is 11.3 Å². The summed E-state index contributed by atoms with van der Waals surface area (Å²) in [6, 6.07) is 16.0. The molecule has 30 heavy (non-hydrogen) atoms. The summed E-state index contributed by atoms with van der Waals surface area (Å²) in [7, 11) is 0. The summed E-state index contributed by atoms with van der Waals surface area (Å²) in [5, 5.41) is 7.33. The number of Topliss-reactive ketones (excluding diaryl/α,β-unsaturated/α-hetero) is 1. The highest BCUT2D eigenvalue weighted by Crippen LogP contribution is 2.14. The molecule has 0 aliphatic rings. The highest BCUT2D eigenvalue weighted by Gasteiger charge is 2.14. The molecule has 4 rings (SSSR count). The first-order valence-electron chi connectivity index (χ1n) is 9.48. The van der Waals surface area contributed by atoms with E-state index in [9.17, 15) is 14.4 Å². The Morgan fingerprint density at radius 3 is 2.47 bits per heavy atom. The Morgan fingerprint density at radius 1 is 1.03 bits per heavy atom. The maximum Gasteiger partial charge on any atom is 0.264 e. The van der Waals surface area contributed by atoms with E-state index in [0.29, 0.717) is 28.7 Å². The van der Waals surface area contributed by atoms with E-state index < -0.39 is 0 Å². The Labute approximate surface area is 171 Å². The molecule has 0 aliphatic heterocycles. The van der Waals surface area contributed by atoms with Crippen LogP contribution in [0.5, 0.6) is 0 Å². The standard InChI is InChI=1S/C22H19N5O3/c1-2-20(29)25-16-10-8-15(9-11-16)19(28)13-26-14-23-21-18(22(26)30)12-24-27(21)17-6-4-3-5-7-17/h3-12,14H,2,13H2,1H3,(H,25,29). The lowest BCUT2D eigenvalue weighted by Crippen LogP contribution is -2.24. The molecule has 8 nitrogen and oxygen atoms in total. The maximum atomic E-state index is 12.8. The van der Waals surface area contributed by atoms with Gasteiger partial charge < -0.3 is 5.32 Å². The first kappa shape index (κ1) is 19.3. The molecule has 0 radical (unpaired) electrons. The van der Waals surface area contributed by atoms with Crippen LogP contribution in [0.25, 0.3) is 16.7 Å². The van der Waals surface area contributed by atoms with E-state index in [0.717, 1.165) is 5.69 Å². The largest absolute Gasteiger partial charge is 0.326 e. The van der Waals surface area contributed by atoms with Gasteiger partial charge in [-0.3, -0.25) is 19.0 Å². The Morgan fingerprint density at radius 2 is 1.77 bits per heavy atom. The average molecular weight is 401 g/mol. The Kier molecular flexibility index (Phi) is 5.21. The highest BCUT2D eigenvalue weighted by molar-refractivity contribution is 5.97. The van der Waals surface area contributed by atoms with E-state index in [1.807, 2.05) is 30.3 Å². The second-order valence-corrected chi connectivity index (χ2v) is 6.71. The number of aromatic nitrogens is 4. The molecule has 2 heterocycles. The number of carbonyl (C=O) groups excluding carboxylic acids is 2. The smallest absolute Gasteiger partial charge is 0.264 e. The Balaban J connectivity index is 1.57. The van der Waals surface area contributed by atoms with Gasteiger partial charge in [0.15, 0.2) is 11.4 Å². The van der Waals surface area contributed by atoms with Gasteiger partial charge in [-0.1, -0.05) is 25.1 Å². The first-order valence-corrected chi connectivity index (χ1v) is 9.48. The van der Waals surface area contributed by atoms with Gasteiger partial charge in [0.25, 0.3) is 5.56 Å². The fraction of sp³-hybridized carbons (Fsp3) is 0.136. The van der Waals surface area contributed by atoms with E-state index >= 15 is 0 Å². The van der Waals surface area contributed by atoms with Crippen LogP contribution in [0, 0.1) is 0 Å². The molecule has 0 unspecified atom stereocenters. The van der Waals surface area contributed by atoms with Crippen molar-refractivity contribution in [2.45, 2.75) is 19.9 Å². The summed E-state index contributed by atoms with van der Waals surface area (Å²) >= 11 is 0. The summed E-state index contributed by atoms with van der Waals surface area (Å²) in [5.74, 6) is -0.335. The summed E-state index contributed by atoms with van der Waals surface area (Å²) in [4.78, 5) is 41.2. The molecule has 0 saturated heterocycles. The number of benzene rings is 2. The number of carbonyl (C=O) groups is 2. The number of anilines is 1.